The minimum atomic E-state index is 0.0662. The SMILES string of the molecule is Nc1nn2cc(-c3ccc(C(=O)N4CCNCC4)cc3)cnc2c1-c1ccccn1.Nc1nn2cc(-c3ccc(O)cc3)cnc2c1-c1ccccn1.Nc1nn2cc(-c3cccc(O)c3)cnc2c1-c1ccccn1. The Morgan fingerprint density at radius 2 is 0.868 bits per heavy atom. The number of amides is 1. The van der Waals surface area contributed by atoms with Gasteiger partial charge in [0.2, 0.25) is 0 Å². The van der Waals surface area contributed by atoms with E-state index in [4.69, 9.17) is 17.2 Å². The Bertz CT molecular complexity index is 3990. The number of piperazine rings is 1. The van der Waals surface area contributed by atoms with Gasteiger partial charge in [-0.2, -0.15) is 0 Å². The first-order valence-electron chi connectivity index (χ1n) is 24.0. The molecule has 76 heavy (non-hydrogen) atoms. The molecule has 1 amide bonds. The van der Waals surface area contributed by atoms with E-state index in [1.165, 1.54) is 0 Å². The molecule has 0 bridgehead atoms. The van der Waals surface area contributed by atoms with Crippen LogP contribution >= 0.6 is 0 Å². The van der Waals surface area contributed by atoms with Gasteiger partial charge in [0.25, 0.3) is 5.91 Å². The smallest absolute Gasteiger partial charge is 0.253 e. The number of pyridine rings is 3. The van der Waals surface area contributed by atoms with E-state index in [9.17, 15) is 15.0 Å². The average Bonchev–Trinajstić information content (AvgIpc) is 4.11. The summed E-state index contributed by atoms with van der Waals surface area (Å²) in [4.78, 5) is 41.1. The van der Waals surface area contributed by atoms with Gasteiger partial charge >= 0.3 is 0 Å². The summed E-state index contributed by atoms with van der Waals surface area (Å²) in [6, 6.07) is 38.4. The molecule has 20 nitrogen and oxygen atoms in total. The van der Waals surface area contributed by atoms with Gasteiger partial charge in [-0.15, -0.1) is 15.3 Å². The fraction of sp³-hybridized carbons (Fsp3) is 0.0714. The first-order chi connectivity index (χ1) is 37.1. The van der Waals surface area contributed by atoms with Crippen molar-refractivity contribution < 1.29 is 15.0 Å². The van der Waals surface area contributed by atoms with Crippen LogP contribution in [-0.4, -0.2) is 106 Å². The first kappa shape index (κ1) is 47.7. The van der Waals surface area contributed by atoms with Crippen molar-refractivity contribution in [1.82, 2.24) is 69.0 Å². The van der Waals surface area contributed by atoms with Crippen molar-refractivity contribution in [3.8, 4) is 78.7 Å². The molecule has 13 rings (SSSR count). The standard InChI is InChI=1S/C22H21N7O.2C17H13N5O/c23-20-19(18-3-1-2-8-25-18)21-26-13-17(14-29(21)27-20)15-4-6-16(7-5-15)22(30)28-11-9-24-10-12-28;18-16-15(14-6-1-2-7-19-14)17-20-9-12(10-22(17)21-16)11-4-3-5-13(23)8-11;18-16-15(14-3-1-2-8-19-14)17-20-9-12(10-22(17)21-16)11-4-6-13(23)7-5-11/h1-8,13-14,24H,9-12H2,(H2,23,27);2*1-10,23H,(H2,18,21). The highest BCUT2D eigenvalue weighted by Crippen LogP contribution is 2.33. The molecule has 0 unspecified atom stereocenters. The molecule has 1 aliphatic heterocycles. The van der Waals surface area contributed by atoms with Crippen molar-refractivity contribution in [2.75, 3.05) is 43.4 Å². The summed E-state index contributed by atoms with van der Waals surface area (Å²) in [5.41, 5.74) is 30.6. The Labute approximate surface area is 433 Å². The number of carbonyl (C=O) groups excluding carboxylic acids is 1. The molecule has 10 heterocycles. The van der Waals surface area contributed by atoms with Crippen molar-refractivity contribution >= 4 is 40.3 Å². The number of nitrogens with one attached hydrogen (secondary N) is 1. The van der Waals surface area contributed by atoms with Crippen LogP contribution in [0.3, 0.4) is 0 Å². The van der Waals surface area contributed by atoms with Crippen LogP contribution in [0.2, 0.25) is 0 Å². The van der Waals surface area contributed by atoms with Crippen LogP contribution in [0.1, 0.15) is 10.4 Å². The number of hydrogen-bond donors (Lipinski definition) is 6. The number of phenols is 2. The topological polar surface area (TPSA) is 280 Å². The number of phenolic OH excluding ortho intramolecular Hbond substituents is 2. The molecule has 9 aromatic heterocycles. The maximum absolute atomic E-state index is 12.6. The molecule has 0 aliphatic carbocycles. The molecule has 1 saturated heterocycles. The minimum absolute atomic E-state index is 0.0662. The third kappa shape index (κ3) is 9.84. The van der Waals surface area contributed by atoms with Crippen molar-refractivity contribution in [3.63, 3.8) is 0 Å². The molecular formula is C56H47N17O3. The van der Waals surface area contributed by atoms with Crippen molar-refractivity contribution in [1.29, 1.82) is 0 Å². The Balaban J connectivity index is 0.000000123. The van der Waals surface area contributed by atoms with Crippen molar-refractivity contribution in [2.24, 2.45) is 0 Å². The molecule has 0 radical (unpaired) electrons. The molecule has 3 aromatic carbocycles. The van der Waals surface area contributed by atoms with Gasteiger partial charge in [-0.1, -0.05) is 54.6 Å². The Morgan fingerprint density at radius 1 is 0.447 bits per heavy atom. The van der Waals surface area contributed by atoms with E-state index in [1.54, 1.807) is 81.1 Å². The van der Waals surface area contributed by atoms with Crippen LogP contribution in [-0.2, 0) is 0 Å². The number of hydrogen-bond acceptors (Lipinski definition) is 16. The van der Waals surface area contributed by atoms with E-state index in [2.05, 4.69) is 50.5 Å². The number of nitrogen functional groups attached to an aromatic ring is 3. The van der Waals surface area contributed by atoms with Crippen LogP contribution in [0.15, 0.2) is 183 Å². The van der Waals surface area contributed by atoms with Crippen LogP contribution in [0, 0.1) is 0 Å². The lowest BCUT2D eigenvalue weighted by atomic mass is 10.1. The van der Waals surface area contributed by atoms with Gasteiger partial charge < -0.3 is 37.6 Å². The predicted octanol–water partition coefficient (Wildman–Crippen LogP) is 7.58. The summed E-state index contributed by atoms with van der Waals surface area (Å²) in [6.07, 6.45) is 16.0. The zero-order valence-corrected chi connectivity index (χ0v) is 40.5. The maximum atomic E-state index is 12.6. The second-order valence-electron chi connectivity index (χ2n) is 17.5. The fourth-order valence-electron chi connectivity index (χ4n) is 8.77. The van der Waals surface area contributed by atoms with Crippen molar-refractivity contribution in [2.45, 2.75) is 0 Å². The number of carbonyl (C=O) groups is 1. The molecule has 1 fully saturated rings. The number of aromatic nitrogens is 12. The summed E-state index contributed by atoms with van der Waals surface area (Å²) in [5, 5.41) is 35.3. The number of aromatic hydroxyl groups is 2. The molecule has 12 aromatic rings. The predicted molar refractivity (Wildman–Crippen MR) is 290 cm³/mol. The van der Waals surface area contributed by atoms with E-state index < -0.39 is 0 Å². The minimum Gasteiger partial charge on any atom is -0.508 e. The zero-order valence-electron chi connectivity index (χ0n) is 40.5. The molecule has 374 valence electrons. The highest BCUT2D eigenvalue weighted by Gasteiger charge is 2.20. The number of rotatable bonds is 7. The Kier molecular flexibility index (Phi) is 13.1. The lowest BCUT2D eigenvalue weighted by molar-refractivity contribution is 0.0736. The monoisotopic (exact) mass is 1010 g/mol. The van der Waals surface area contributed by atoms with Crippen molar-refractivity contribution in [3.05, 3.63) is 189 Å². The lowest BCUT2D eigenvalue weighted by Gasteiger charge is -2.27. The Morgan fingerprint density at radius 3 is 1.28 bits per heavy atom. The van der Waals surface area contributed by atoms with Crippen LogP contribution in [0.4, 0.5) is 17.5 Å². The number of fused-ring (bicyclic) bond motifs is 3. The van der Waals surface area contributed by atoms with Crippen LogP contribution in [0.25, 0.3) is 84.1 Å². The number of nitrogens with two attached hydrogens (primary N) is 3. The van der Waals surface area contributed by atoms with Crippen LogP contribution < -0.4 is 22.5 Å². The lowest BCUT2D eigenvalue weighted by Crippen LogP contribution is -2.46. The number of benzene rings is 3. The highest BCUT2D eigenvalue weighted by molar-refractivity contribution is 5.95. The van der Waals surface area contributed by atoms with Gasteiger partial charge in [0.05, 0.1) is 33.8 Å². The van der Waals surface area contributed by atoms with E-state index in [0.29, 0.717) is 45.5 Å². The maximum Gasteiger partial charge on any atom is 0.253 e. The second kappa shape index (κ2) is 20.9. The Hall–Kier alpha value is -10.6. The summed E-state index contributed by atoms with van der Waals surface area (Å²) in [5.74, 6) is 1.65. The van der Waals surface area contributed by atoms with E-state index >= 15 is 0 Å². The fourth-order valence-corrected chi connectivity index (χ4v) is 8.77. The molecular weight excluding hydrogens is 959 g/mol. The van der Waals surface area contributed by atoms with E-state index in [0.717, 1.165) is 87.8 Å². The van der Waals surface area contributed by atoms with Gasteiger partial charge in [0.15, 0.2) is 34.4 Å². The van der Waals surface area contributed by atoms with Crippen LogP contribution in [0.5, 0.6) is 11.5 Å². The summed E-state index contributed by atoms with van der Waals surface area (Å²) < 4.78 is 4.97. The second-order valence-corrected chi connectivity index (χ2v) is 17.5. The number of anilines is 3. The summed E-state index contributed by atoms with van der Waals surface area (Å²) in [7, 11) is 0. The van der Waals surface area contributed by atoms with E-state index in [1.807, 2.05) is 121 Å². The molecule has 20 heteroatoms. The van der Waals surface area contributed by atoms with Gasteiger partial charge in [-0.3, -0.25) is 19.7 Å². The molecule has 0 saturated carbocycles. The molecule has 0 atom stereocenters. The van der Waals surface area contributed by atoms with Gasteiger partial charge in [0, 0.05) is 104 Å². The normalized spacial score (nSPS) is 12.2. The van der Waals surface area contributed by atoms with Gasteiger partial charge in [-0.25, -0.2) is 28.5 Å². The summed E-state index contributed by atoms with van der Waals surface area (Å²) >= 11 is 0. The quantitative estimate of drug-likeness (QED) is 0.0897. The molecule has 0 spiro atoms. The molecule has 1 aliphatic rings. The average molecular weight is 1010 g/mol. The third-order valence-electron chi connectivity index (χ3n) is 12.5. The van der Waals surface area contributed by atoms with Gasteiger partial charge in [-0.05, 0) is 89.5 Å². The largest absolute Gasteiger partial charge is 0.508 e. The third-order valence-corrected chi connectivity index (χ3v) is 12.5. The van der Waals surface area contributed by atoms with E-state index in [-0.39, 0.29) is 17.4 Å². The summed E-state index contributed by atoms with van der Waals surface area (Å²) in [6.45, 7) is 3.15. The number of nitrogens with zero attached hydrogens (tertiary/aromatic N) is 13. The highest BCUT2D eigenvalue weighted by atomic mass is 16.3. The van der Waals surface area contributed by atoms with Gasteiger partial charge in [0.1, 0.15) is 11.5 Å². The first-order valence-corrected chi connectivity index (χ1v) is 24.0. The molecule has 9 N–H and O–H groups in total. The zero-order chi connectivity index (χ0) is 52.1.